The van der Waals surface area contributed by atoms with Crippen molar-refractivity contribution in [2.75, 3.05) is 19.7 Å². The number of rotatable bonds is 34. The van der Waals surface area contributed by atoms with Crippen LogP contribution in [-0.2, 0) is 38.3 Å². The van der Waals surface area contributed by atoms with Gasteiger partial charge in [0, 0.05) is 45.2 Å². The van der Waals surface area contributed by atoms with Gasteiger partial charge < -0.3 is 34.1 Å². The lowest BCUT2D eigenvalue weighted by Gasteiger charge is -2.24. The molecule has 10 heteroatoms. The number of Topliss-reactive ketones (excluding diaryl/α,β-unsaturated/α-hetero) is 4. The second-order valence-electron chi connectivity index (χ2n) is 14.3. The van der Waals surface area contributed by atoms with Crippen LogP contribution in [0.2, 0.25) is 0 Å². The maximum atomic E-state index is 12.4. The van der Waals surface area contributed by atoms with Crippen molar-refractivity contribution < 1.29 is 38.3 Å². The molecule has 0 saturated heterocycles. The highest BCUT2D eigenvalue weighted by Gasteiger charge is 2.20. The van der Waals surface area contributed by atoms with Crippen LogP contribution in [0.15, 0.2) is 0 Å². The molecule has 2 atom stereocenters. The molecule has 49 heavy (non-hydrogen) atoms. The minimum absolute atomic E-state index is 0.00898. The molecule has 0 radical (unpaired) electrons. The van der Waals surface area contributed by atoms with Crippen LogP contribution < -0.4 is 10.8 Å². The molecule has 0 aliphatic carbocycles. The third-order valence-electron chi connectivity index (χ3n) is 8.98. The summed E-state index contributed by atoms with van der Waals surface area (Å²) in [6.45, 7) is 11.2. The lowest BCUT2D eigenvalue weighted by atomic mass is 9.93. The summed E-state index contributed by atoms with van der Waals surface area (Å²) in [5.41, 5.74) is 2.68. The smallest absolute Gasteiger partial charge is 0.350 e. The number of hydroxylamine groups is 1. The van der Waals surface area contributed by atoms with Crippen LogP contribution in [0, 0.1) is 17.8 Å². The molecule has 0 saturated carbocycles. The Balaban J connectivity index is 4.54. The zero-order valence-electron chi connectivity index (χ0n) is 31.8. The van der Waals surface area contributed by atoms with Crippen molar-refractivity contribution in [2.24, 2.45) is 17.8 Å². The van der Waals surface area contributed by atoms with E-state index >= 15 is 0 Å². The fourth-order valence-electron chi connectivity index (χ4n) is 6.41. The number of amides is 1. The summed E-state index contributed by atoms with van der Waals surface area (Å²) in [4.78, 5) is 75.8. The van der Waals surface area contributed by atoms with Gasteiger partial charge in [-0.15, -0.1) is 0 Å². The highest BCUT2D eigenvalue weighted by molar-refractivity contribution is 5.79. The topological polar surface area (TPSA) is 145 Å². The van der Waals surface area contributed by atoms with Crippen molar-refractivity contribution in [2.45, 2.75) is 176 Å². The highest BCUT2D eigenvalue weighted by Crippen LogP contribution is 2.22. The first-order valence-corrected chi connectivity index (χ1v) is 19.1. The van der Waals surface area contributed by atoms with E-state index in [4.69, 9.17) is 9.57 Å². The molecule has 0 aromatic heterocycles. The largest absolute Gasteiger partial charge is 0.369 e. The van der Waals surface area contributed by atoms with Crippen LogP contribution in [0.3, 0.4) is 0 Å². The predicted octanol–water partition coefficient (Wildman–Crippen LogP) is 7.58. The van der Waals surface area contributed by atoms with Crippen LogP contribution in [0.25, 0.3) is 0 Å². The monoisotopic (exact) mass is 695 g/mol. The molecule has 0 rings (SSSR count). The van der Waals surface area contributed by atoms with Crippen molar-refractivity contribution in [3.05, 3.63) is 0 Å². The van der Waals surface area contributed by atoms with E-state index in [0.29, 0.717) is 64.0 Å². The SMILES string of the molecule is CCCCCCCCC(C)C(CCCCCCCC(=O)NCCC(CC(C)=O)CC(C)=O)OCC(=O)ONCCC(CC(C)=O)CC(C)=O. The Hall–Kier alpha value is -2.46. The second-order valence-corrected chi connectivity index (χ2v) is 14.3. The number of hydrogen-bond acceptors (Lipinski definition) is 9. The van der Waals surface area contributed by atoms with Gasteiger partial charge in [-0.3, -0.25) is 4.79 Å². The number of ketones is 4. The normalized spacial score (nSPS) is 12.6. The number of hydrogen-bond donors (Lipinski definition) is 2. The quantitative estimate of drug-likeness (QED) is 0.0514. The number of ether oxygens (including phenoxy) is 1. The third kappa shape index (κ3) is 30.1. The summed E-state index contributed by atoms with van der Waals surface area (Å²) in [7, 11) is 0. The summed E-state index contributed by atoms with van der Waals surface area (Å²) >= 11 is 0. The fourth-order valence-corrected chi connectivity index (χ4v) is 6.41. The van der Waals surface area contributed by atoms with Crippen molar-refractivity contribution >= 4 is 35.0 Å². The van der Waals surface area contributed by atoms with E-state index in [1.807, 2.05) is 0 Å². The van der Waals surface area contributed by atoms with Gasteiger partial charge in [0.25, 0.3) is 0 Å². The van der Waals surface area contributed by atoms with Gasteiger partial charge in [-0.05, 0) is 77.6 Å². The van der Waals surface area contributed by atoms with Gasteiger partial charge in [-0.1, -0.05) is 78.1 Å². The van der Waals surface area contributed by atoms with E-state index in [1.165, 1.54) is 59.8 Å². The summed E-state index contributed by atoms with van der Waals surface area (Å²) in [5, 5.41) is 2.93. The van der Waals surface area contributed by atoms with Crippen LogP contribution in [0.4, 0.5) is 0 Å². The maximum absolute atomic E-state index is 12.4. The molecule has 0 aliphatic heterocycles. The van der Waals surface area contributed by atoms with Crippen molar-refractivity contribution in [1.82, 2.24) is 10.8 Å². The standard InChI is InChI=1S/C39H70N2O8/c1-7-8-9-10-12-15-18-30(2)37(48-29-39(47)49-41-24-22-36(27-33(5)44)28-34(6)45)19-16-13-11-14-17-20-38(46)40-23-21-35(25-31(3)42)26-32(4)43/h30,35-37,41H,7-29H2,1-6H3,(H,40,46). The van der Waals surface area contributed by atoms with Crippen molar-refractivity contribution in [3.63, 3.8) is 0 Å². The van der Waals surface area contributed by atoms with E-state index in [2.05, 4.69) is 24.6 Å². The van der Waals surface area contributed by atoms with Gasteiger partial charge >= 0.3 is 5.97 Å². The number of nitrogens with one attached hydrogen (secondary N) is 2. The van der Waals surface area contributed by atoms with E-state index in [0.717, 1.165) is 51.4 Å². The Labute approximate surface area is 297 Å². The molecule has 2 N–H and O–H groups in total. The number of unbranched alkanes of at least 4 members (excludes halogenated alkanes) is 9. The molecule has 1 amide bonds. The lowest BCUT2D eigenvalue weighted by Crippen LogP contribution is -2.30. The van der Waals surface area contributed by atoms with Crippen LogP contribution in [0.1, 0.15) is 170 Å². The molecule has 0 aliphatic rings. The molecule has 10 nitrogen and oxygen atoms in total. The molecule has 0 spiro atoms. The molecule has 0 bridgehead atoms. The van der Waals surface area contributed by atoms with Gasteiger partial charge in [0.05, 0.1) is 6.10 Å². The Kier molecular flexibility index (Phi) is 28.8. The zero-order valence-corrected chi connectivity index (χ0v) is 31.8. The van der Waals surface area contributed by atoms with Crippen LogP contribution in [-0.4, -0.2) is 60.8 Å². The molecule has 0 aromatic rings. The zero-order chi connectivity index (χ0) is 36.9. The minimum atomic E-state index is -0.488. The van der Waals surface area contributed by atoms with E-state index in [-0.39, 0.29) is 53.6 Å². The summed E-state index contributed by atoms with van der Waals surface area (Å²) in [6, 6.07) is 0. The summed E-state index contributed by atoms with van der Waals surface area (Å²) in [5.74, 6) is -0.0346. The van der Waals surface area contributed by atoms with E-state index in [1.54, 1.807) is 0 Å². The summed E-state index contributed by atoms with van der Waals surface area (Å²) in [6.07, 6.45) is 17.1. The van der Waals surface area contributed by atoms with Crippen molar-refractivity contribution in [1.29, 1.82) is 0 Å². The Morgan fingerprint density at radius 2 is 1.04 bits per heavy atom. The van der Waals surface area contributed by atoms with Gasteiger partial charge in [0.1, 0.15) is 29.7 Å². The number of carbonyl (C=O) groups is 6. The predicted molar refractivity (Wildman–Crippen MR) is 194 cm³/mol. The molecular formula is C39H70N2O8. The van der Waals surface area contributed by atoms with Gasteiger partial charge in [-0.25, -0.2) is 4.79 Å². The summed E-state index contributed by atoms with van der Waals surface area (Å²) < 4.78 is 6.11. The van der Waals surface area contributed by atoms with E-state index in [9.17, 15) is 28.8 Å². The van der Waals surface area contributed by atoms with Gasteiger partial charge in [0.2, 0.25) is 5.91 Å². The lowest BCUT2D eigenvalue weighted by molar-refractivity contribution is -0.160. The highest BCUT2D eigenvalue weighted by atomic mass is 16.7. The average molecular weight is 695 g/mol. The van der Waals surface area contributed by atoms with E-state index < -0.39 is 5.97 Å². The van der Waals surface area contributed by atoms with Crippen molar-refractivity contribution in [3.8, 4) is 0 Å². The van der Waals surface area contributed by atoms with Gasteiger partial charge in [-0.2, -0.15) is 5.48 Å². The second kappa shape index (κ2) is 30.4. The molecular weight excluding hydrogens is 624 g/mol. The molecule has 0 heterocycles. The maximum Gasteiger partial charge on any atom is 0.350 e. The first-order valence-electron chi connectivity index (χ1n) is 19.1. The molecule has 0 fully saturated rings. The third-order valence-corrected chi connectivity index (χ3v) is 8.98. The molecule has 2 unspecified atom stereocenters. The van der Waals surface area contributed by atoms with Gasteiger partial charge in [0.15, 0.2) is 0 Å². The van der Waals surface area contributed by atoms with Crippen LogP contribution >= 0.6 is 0 Å². The minimum Gasteiger partial charge on any atom is -0.369 e. The average Bonchev–Trinajstić information content (AvgIpc) is 3.00. The molecule has 0 aromatic carbocycles. The Morgan fingerprint density at radius 1 is 0.571 bits per heavy atom. The first kappa shape index (κ1) is 46.5. The molecule has 284 valence electrons. The Morgan fingerprint density at radius 3 is 1.57 bits per heavy atom. The Bertz CT molecular complexity index is 921. The first-order chi connectivity index (χ1) is 23.3. The van der Waals surface area contributed by atoms with Crippen LogP contribution in [0.5, 0.6) is 0 Å². The fraction of sp³-hybridized carbons (Fsp3) is 0.846. The number of carbonyl (C=O) groups excluding carboxylic acids is 6.